The fraction of sp³-hybridized carbons (Fsp3) is 0.909. The Morgan fingerprint density at radius 2 is 2.00 bits per heavy atom. The molecule has 15 heavy (non-hydrogen) atoms. The number of amides is 1. The van der Waals surface area contributed by atoms with Crippen molar-refractivity contribution in [2.75, 3.05) is 14.1 Å². The summed E-state index contributed by atoms with van der Waals surface area (Å²) < 4.78 is 0. The predicted molar refractivity (Wildman–Crippen MR) is 59.4 cm³/mol. The van der Waals surface area contributed by atoms with Gasteiger partial charge in [0, 0.05) is 24.0 Å². The van der Waals surface area contributed by atoms with Crippen LogP contribution in [0.3, 0.4) is 0 Å². The van der Waals surface area contributed by atoms with E-state index in [4.69, 9.17) is 5.73 Å². The van der Waals surface area contributed by atoms with Crippen LogP contribution in [-0.4, -0.2) is 42.5 Å². The number of nitrogens with one attached hydrogen (secondary N) is 1. The summed E-state index contributed by atoms with van der Waals surface area (Å²) >= 11 is 0. The van der Waals surface area contributed by atoms with Crippen LogP contribution in [0, 0.1) is 0 Å². The Hall–Kier alpha value is -0.610. The maximum Gasteiger partial charge on any atom is 0.219 e. The first-order valence-corrected chi connectivity index (χ1v) is 5.75. The molecular weight excluding hydrogens is 190 g/mol. The van der Waals surface area contributed by atoms with Crippen LogP contribution in [0.15, 0.2) is 0 Å². The van der Waals surface area contributed by atoms with Gasteiger partial charge >= 0.3 is 0 Å². The summed E-state index contributed by atoms with van der Waals surface area (Å²) in [7, 11) is 4.15. The molecule has 2 rings (SSSR count). The normalized spacial score (nSPS) is 40.7. The van der Waals surface area contributed by atoms with Crippen molar-refractivity contribution in [1.82, 2.24) is 10.2 Å². The highest BCUT2D eigenvalue weighted by Gasteiger charge is 2.46. The quantitative estimate of drug-likeness (QED) is 0.695. The minimum absolute atomic E-state index is 0.0375. The average molecular weight is 211 g/mol. The molecule has 2 atom stereocenters. The highest BCUT2D eigenvalue weighted by molar-refractivity contribution is 5.75. The average Bonchev–Trinajstić information content (AvgIpc) is 2.41. The minimum Gasteiger partial charge on any atom is -0.370 e. The van der Waals surface area contributed by atoms with Gasteiger partial charge in [0.2, 0.25) is 5.91 Å². The fourth-order valence-electron chi connectivity index (χ4n) is 3.34. The van der Waals surface area contributed by atoms with Gasteiger partial charge < -0.3 is 16.0 Å². The van der Waals surface area contributed by atoms with Gasteiger partial charge in [0.25, 0.3) is 0 Å². The maximum atomic E-state index is 11.1. The third-order valence-corrected chi connectivity index (χ3v) is 4.28. The van der Waals surface area contributed by atoms with Crippen LogP contribution in [0.4, 0.5) is 0 Å². The molecule has 0 aromatic rings. The van der Waals surface area contributed by atoms with Crippen molar-refractivity contribution in [3.8, 4) is 0 Å². The molecule has 0 spiro atoms. The SMILES string of the molecule is CNC1(CC(N)=O)CC2CCC(C1)N2C. The lowest BCUT2D eigenvalue weighted by Crippen LogP contribution is -2.57. The molecule has 0 aromatic carbocycles. The van der Waals surface area contributed by atoms with Crippen molar-refractivity contribution in [2.45, 2.75) is 49.7 Å². The molecule has 2 fully saturated rings. The van der Waals surface area contributed by atoms with Gasteiger partial charge in [-0.25, -0.2) is 0 Å². The Labute approximate surface area is 91.2 Å². The minimum atomic E-state index is -0.187. The summed E-state index contributed by atoms with van der Waals surface area (Å²) in [6.07, 6.45) is 5.12. The highest BCUT2D eigenvalue weighted by Crippen LogP contribution is 2.40. The molecule has 86 valence electrons. The van der Waals surface area contributed by atoms with E-state index in [0.29, 0.717) is 18.5 Å². The van der Waals surface area contributed by atoms with E-state index in [1.54, 1.807) is 0 Å². The van der Waals surface area contributed by atoms with Gasteiger partial charge in [0.15, 0.2) is 0 Å². The zero-order chi connectivity index (χ0) is 11.1. The van der Waals surface area contributed by atoms with E-state index in [1.165, 1.54) is 12.8 Å². The summed E-state index contributed by atoms with van der Waals surface area (Å²) in [6.45, 7) is 0. The highest BCUT2D eigenvalue weighted by atomic mass is 16.1. The Kier molecular flexibility index (Phi) is 2.73. The first-order valence-electron chi connectivity index (χ1n) is 5.75. The molecule has 2 aliphatic rings. The number of primary amides is 1. The van der Waals surface area contributed by atoms with Crippen LogP contribution in [-0.2, 0) is 4.79 Å². The molecule has 3 N–H and O–H groups in total. The van der Waals surface area contributed by atoms with Crippen molar-refractivity contribution in [2.24, 2.45) is 5.73 Å². The molecule has 4 nitrogen and oxygen atoms in total. The molecule has 4 heteroatoms. The first-order chi connectivity index (χ1) is 7.06. The standard InChI is InChI=1S/C11H21N3O/c1-13-11(7-10(12)15)5-8-3-4-9(6-11)14(8)2/h8-9,13H,3-7H2,1-2H3,(H2,12,15). The van der Waals surface area contributed by atoms with Gasteiger partial charge in [-0.15, -0.1) is 0 Å². The van der Waals surface area contributed by atoms with E-state index < -0.39 is 0 Å². The molecule has 0 aliphatic carbocycles. The maximum absolute atomic E-state index is 11.1. The van der Waals surface area contributed by atoms with Crippen molar-refractivity contribution in [1.29, 1.82) is 0 Å². The number of nitrogens with two attached hydrogens (primary N) is 1. The lowest BCUT2D eigenvalue weighted by molar-refractivity contribution is -0.120. The Morgan fingerprint density at radius 3 is 2.40 bits per heavy atom. The van der Waals surface area contributed by atoms with Crippen LogP contribution in [0.2, 0.25) is 0 Å². The number of rotatable bonds is 3. The van der Waals surface area contributed by atoms with Gasteiger partial charge in [-0.2, -0.15) is 0 Å². The second-order valence-electron chi connectivity index (χ2n) is 5.13. The molecule has 0 aromatic heterocycles. The van der Waals surface area contributed by atoms with Gasteiger partial charge in [0.1, 0.15) is 0 Å². The number of carbonyl (C=O) groups excluding carboxylic acids is 1. The topological polar surface area (TPSA) is 58.4 Å². The number of nitrogens with zero attached hydrogens (tertiary/aromatic N) is 1. The summed E-state index contributed by atoms with van der Waals surface area (Å²) in [6, 6.07) is 1.27. The third kappa shape index (κ3) is 1.88. The van der Waals surface area contributed by atoms with Crippen LogP contribution in [0.5, 0.6) is 0 Å². The van der Waals surface area contributed by atoms with Crippen molar-refractivity contribution in [3.05, 3.63) is 0 Å². The monoisotopic (exact) mass is 211 g/mol. The number of hydrogen-bond donors (Lipinski definition) is 2. The summed E-state index contributed by atoms with van der Waals surface area (Å²) in [5, 5.41) is 3.34. The Morgan fingerprint density at radius 1 is 1.47 bits per heavy atom. The van der Waals surface area contributed by atoms with Gasteiger partial charge in [-0.05, 0) is 39.8 Å². The van der Waals surface area contributed by atoms with Gasteiger partial charge in [-0.1, -0.05) is 0 Å². The third-order valence-electron chi connectivity index (χ3n) is 4.28. The summed E-state index contributed by atoms with van der Waals surface area (Å²) in [5.41, 5.74) is 5.30. The summed E-state index contributed by atoms with van der Waals surface area (Å²) in [4.78, 5) is 13.6. The lowest BCUT2D eigenvalue weighted by atomic mass is 9.80. The van der Waals surface area contributed by atoms with Crippen LogP contribution in [0.25, 0.3) is 0 Å². The van der Waals surface area contributed by atoms with Crippen molar-refractivity contribution in [3.63, 3.8) is 0 Å². The largest absolute Gasteiger partial charge is 0.370 e. The van der Waals surface area contributed by atoms with E-state index in [2.05, 4.69) is 17.3 Å². The second kappa shape index (κ2) is 3.76. The molecule has 2 heterocycles. The molecule has 1 amide bonds. The van der Waals surface area contributed by atoms with Crippen LogP contribution >= 0.6 is 0 Å². The van der Waals surface area contributed by atoms with Crippen molar-refractivity contribution >= 4 is 5.91 Å². The van der Waals surface area contributed by atoms with Gasteiger partial charge in [-0.3, -0.25) is 4.79 Å². The van der Waals surface area contributed by atoms with Crippen molar-refractivity contribution < 1.29 is 4.79 Å². The fourth-order valence-corrected chi connectivity index (χ4v) is 3.34. The molecule has 0 saturated carbocycles. The first kappa shape index (κ1) is 10.9. The molecule has 2 saturated heterocycles. The van der Waals surface area contributed by atoms with Crippen LogP contribution < -0.4 is 11.1 Å². The molecular formula is C11H21N3O. The summed E-state index contributed by atoms with van der Waals surface area (Å²) in [5.74, 6) is -0.187. The van der Waals surface area contributed by atoms with Gasteiger partial charge in [0.05, 0.1) is 0 Å². The van der Waals surface area contributed by atoms with E-state index in [9.17, 15) is 4.79 Å². The zero-order valence-electron chi connectivity index (χ0n) is 9.62. The molecule has 2 aliphatic heterocycles. The Balaban J connectivity index is 2.12. The Bertz CT molecular complexity index is 253. The molecule has 0 radical (unpaired) electrons. The van der Waals surface area contributed by atoms with E-state index in [-0.39, 0.29) is 11.4 Å². The second-order valence-corrected chi connectivity index (χ2v) is 5.13. The molecule has 2 unspecified atom stereocenters. The zero-order valence-corrected chi connectivity index (χ0v) is 9.62. The number of hydrogen-bond acceptors (Lipinski definition) is 3. The van der Waals surface area contributed by atoms with Crippen LogP contribution in [0.1, 0.15) is 32.1 Å². The predicted octanol–water partition coefficient (Wildman–Crippen LogP) is 0.0766. The number of fused-ring (bicyclic) bond motifs is 2. The number of piperidine rings is 1. The number of carbonyl (C=O) groups is 1. The smallest absolute Gasteiger partial charge is 0.219 e. The van der Waals surface area contributed by atoms with E-state index >= 15 is 0 Å². The van der Waals surface area contributed by atoms with E-state index in [0.717, 1.165) is 12.8 Å². The molecule has 2 bridgehead atoms. The lowest BCUT2D eigenvalue weighted by Gasteiger charge is -2.44. The van der Waals surface area contributed by atoms with E-state index in [1.807, 2.05) is 7.05 Å².